The molecule has 0 bridgehead atoms. The number of nitrogens with one attached hydrogen (secondary N) is 1. The van der Waals surface area contributed by atoms with E-state index in [1.54, 1.807) is 0 Å². The number of carboxylic acid groups (broad SMARTS) is 1. The third kappa shape index (κ3) is 3.48. The van der Waals surface area contributed by atoms with Crippen molar-refractivity contribution < 1.29 is 14.7 Å². The van der Waals surface area contributed by atoms with E-state index < -0.39 is 5.97 Å². The highest BCUT2D eigenvalue weighted by atomic mass is 32.1. The fraction of sp³-hybridized carbons (Fsp3) is 0.467. The van der Waals surface area contributed by atoms with Crippen molar-refractivity contribution in [3.05, 3.63) is 27.5 Å². The summed E-state index contributed by atoms with van der Waals surface area (Å²) in [4.78, 5) is 24.2. The lowest BCUT2D eigenvalue weighted by Crippen LogP contribution is -2.35. The van der Waals surface area contributed by atoms with Crippen molar-refractivity contribution in [1.82, 2.24) is 5.32 Å². The standard InChI is InChI=1S/C15H19NO3S/c1-9-4-3-5-11(9)16-15(19)13-8-10(2)12(20-13)6-7-14(17)18/h6-9,11H,3-5H2,1-2H3,(H,16,19)(H,17,18)/b7-6+. The molecule has 1 heterocycles. The molecule has 1 amide bonds. The molecule has 5 heteroatoms. The lowest BCUT2D eigenvalue weighted by molar-refractivity contribution is -0.131. The number of hydrogen-bond acceptors (Lipinski definition) is 3. The molecule has 0 aromatic carbocycles. The van der Waals surface area contributed by atoms with Crippen LogP contribution in [-0.2, 0) is 4.79 Å². The van der Waals surface area contributed by atoms with Gasteiger partial charge >= 0.3 is 5.97 Å². The second kappa shape index (κ2) is 6.22. The smallest absolute Gasteiger partial charge is 0.328 e. The van der Waals surface area contributed by atoms with Gasteiger partial charge in [0.1, 0.15) is 0 Å². The predicted molar refractivity (Wildman–Crippen MR) is 80.0 cm³/mol. The van der Waals surface area contributed by atoms with Crippen LogP contribution >= 0.6 is 11.3 Å². The molecule has 1 fully saturated rings. The summed E-state index contributed by atoms with van der Waals surface area (Å²) in [6, 6.07) is 2.09. The summed E-state index contributed by atoms with van der Waals surface area (Å²) in [5, 5.41) is 11.7. The molecule has 2 atom stereocenters. The molecule has 0 radical (unpaired) electrons. The van der Waals surface area contributed by atoms with Gasteiger partial charge in [0, 0.05) is 17.0 Å². The van der Waals surface area contributed by atoms with Crippen molar-refractivity contribution in [2.24, 2.45) is 5.92 Å². The van der Waals surface area contributed by atoms with Crippen LogP contribution in [0.3, 0.4) is 0 Å². The molecule has 2 unspecified atom stereocenters. The highest BCUT2D eigenvalue weighted by Gasteiger charge is 2.25. The molecule has 1 aliphatic carbocycles. The minimum absolute atomic E-state index is 0.0492. The highest BCUT2D eigenvalue weighted by Crippen LogP contribution is 2.27. The van der Waals surface area contributed by atoms with Crippen molar-refractivity contribution in [3.8, 4) is 0 Å². The number of thiophene rings is 1. The Morgan fingerprint density at radius 3 is 2.80 bits per heavy atom. The number of aryl methyl sites for hydroxylation is 1. The third-order valence-electron chi connectivity index (χ3n) is 3.74. The minimum Gasteiger partial charge on any atom is -0.478 e. The Hall–Kier alpha value is -1.62. The first kappa shape index (κ1) is 14.8. The van der Waals surface area contributed by atoms with Gasteiger partial charge in [-0.25, -0.2) is 4.79 Å². The average molecular weight is 293 g/mol. The predicted octanol–water partition coefficient (Wildman–Crippen LogP) is 3.07. The van der Waals surface area contributed by atoms with Gasteiger partial charge in [-0.3, -0.25) is 4.79 Å². The highest BCUT2D eigenvalue weighted by molar-refractivity contribution is 7.15. The number of carbonyl (C=O) groups excluding carboxylic acids is 1. The average Bonchev–Trinajstić information content (AvgIpc) is 2.94. The van der Waals surface area contributed by atoms with Crippen molar-refractivity contribution in [2.45, 2.75) is 39.2 Å². The lowest BCUT2D eigenvalue weighted by atomic mass is 10.1. The Morgan fingerprint density at radius 2 is 2.20 bits per heavy atom. The van der Waals surface area contributed by atoms with Gasteiger partial charge < -0.3 is 10.4 Å². The van der Waals surface area contributed by atoms with Crippen LogP contribution in [0, 0.1) is 12.8 Å². The normalized spacial score (nSPS) is 22.3. The first-order chi connectivity index (χ1) is 9.47. The van der Waals surface area contributed by atoms with Gasteiger partial charge in [-0.15, -0.1) is 11.3 Å². The summed E-state index contributed by atoms with van der Waals surface area (Å²) < 4.78 is 0. The number of amides is 1. The van der Waals surface area contributed by atoms with Gasteiger partial charge in [-0.1, -0.05) is 13.3 Å². The van der Waals surface area contributed by atoms with Gasteiger partial charge in [0.05, 0.1) is 4.88 Å². The summed E-state index contributed by atoms with van der Waals surface area (Å²) in [5.74, 6) is -0.498. The molecular formula is C15H19NO3S. The maximum Gasteiger partial charge on any atom is 0.328 e. The fourth-order valence-corrected chi connectivity index (χ4v) is 3.50. The van der Waals surface area contributed by atoms with E-state index in [2.05, 4.69) is 12.2 Å². The summed E-state index contributed by atoms with van der Waals surface area (Å²) >= 11 is 1.33. The van der Waals surface area contributed by atoms with Crippen LogP contribution in [0.1, 0.15) is 46.3 Å². The molecule has 20 heavy (non-hydrogen) atoms. The van der Waals surface area contributed by atoms with E-state index in [4.69, 9.17) is 5.11 Å². The molecule has 2 rings (SSSR count). The summed E-state index contributed by atoms with van der Waals surface area (Å²) in [6.07, 6.45) is 6.02. The Kier molecular flexibility index (Phi) is 4.60. The van der Waals surface area contributed by atoms with E-state index in [1.165, 1.54) is 30.3 Å². The Labute approximate surface area is 122 Å². The fourth-order valence-electron chi connectivity index (χ4n) is 2.52. The van der Waals surface area contributed by atoms with Crippen molar-refractivity contribution in [1.29, 1.82) is 0 Å². The van der Waals surface area contributed by atoms with Gasteiger partial charge in [0.2, 0.25) is 0 Å². The zero-order chi connectivity index (χ0) is 14.7. The number of carboxylic acids is 1. The van der Waals surface area contributed by atoms with E-state index in [1.807, 2.05) is 13.0 Å². The Morgan fingerprint density at radius 1 is 1.45 bits per heavy atom. The molecular weight excluding hydrogens is 274 g/mol. The van der Waals surface area contributed by atoms with Crippen LogP contribution in [0.2, 0.25) is 0 Å². The van der Waals surface area contributed by atoms with Crippen LogP contribution in [0.5, 0.6) is 0 Å². The molecule has 0 saturated heterocycles. The topological polar surface area (TPSA) is 66.4 Å². The molecule has 1 aromatic rings. The largest absolute Gasteiger partial charge is 0.478 e. The van der Waals surface area contributed by atoms with E-state index in [0.29, 0.717) is 10.8 Å². The Balaban J connectivity index is 2.07. The third-order valence-corrected chi connectivity index (χ3v) is 4.94. The molecule has 0 spiro atoms. The maximum absolute atomic E-state index is 12.2. The maximum atomic E-state index is 12.2. The number of rotatable bonds is 4. The molecule has 2 N–H and O–H groups in total. The van der Waals surface area contributed by atoms with Crippen LogP contribution in [0.15, 0.2) is 12.1 Å². The zero-order valence-corrected chi connectivity index (χ0v) is 12.5. The van der Waals surface area contributed by atoms with Crippen molar-refractivity contribution >= 4 is 29.3 Å². The van der Waals surface area contributed by atoms with Crippen LogP contribution < -0.4 is 5.32 Å². The summed E-state index contributed by atoms with van der Waals surface area (Å²) in [6.45, 7) is 4.05. The zero-order valence-electron chi connectivity index (χ0n) is 11.7. The Bertz CT molecular complexity index is 547. The van der Waals surface area contributed by atoms with E-state index in [9.17, 15) is 9.59 Å². The van der Waals surface area contributed by atoms with Gasteiger partial charge in [-0.05, 0) is 43.4 Å². The van der Waals surface area contributed by atoms with Gasteiger partial charge in [0.25, 0.3) is 5.91 Å². The molecule has 1 aliphatic rings. The monoisotopic (exact) mass is 293 g/mol. The second-order valence-electron chi connectivity index (χ2n) is 5.32. The molecule has 108 valence electrons. The van der Waals surface area contributed by atoms with Gasteiger partial charge in [0.15, 0.2) is 0 Å². The molecule has 1 saturated carbocycles. The second-order valence-corrected chi connectivity index (χ2v) is 6.40. The van der Waals surface area contributed by atoms with Crippen LogP contribution in [0.25, 0.3) is 6.08 Å². The summed E-state index contributed by atoms with van der Waals surface area (Å²) in [5.41, 5.74) is 0.928. The molecule has 1 aromatic heterocycles. The van der Waals surface area contributed by atoms with Gasteiger partial charge in [-0.2, -0.15) is 0 Å². The SMILES string of the molecule is Cc1cc(C(=O)NC2CCCC2C)sc1/C=C/C(=O)O. The van der Waals surface area contributed by atoms with E-state index >= 15 is 0 Å². The molecule has 0 aliphatic heterocycles. The first-order valence-electron chi connectivity index (χ1n) is 6.79. The first-order valence-corrected chi connectivity index (χ1v) is 7.61. The number of carbonyl (C=O) groups is 2. The number of hydrogen-bond donors (Lipinski definition) is 2. The van der Waals surface area contributed by atoms with Crippen molar-refractivity contribution in [3.63, 3.8) is 0 Å². The summed E-state index contributed by atoms with van der Waals surface area (Å²) in [7, 11) is 0. The quantitative estimate of drug-likeness (QED) is 0.838. The number of aliphatic carboxylic acids is 1. The van der Waals surface area contributed by atoms with E-state index in [-0.39, 0.29) is 11.9 Å². The van der Waals surface area contributed by atoms with Crippen LogP contribution in [0.4, 0.5) is 0 Å². The lowest BCUT2D eigenvalue weighted by Gasteiger charge is -2.16. The molecule has 4 nitrogen and oxygen atoms in total. The minimum atomic E-state index is -0.983. The van der Waals surface area contributed by atoms with Crippen LogP contribution in [-0.4, -0.2) is 23.0 Å². The van der Waals surface area contributed by atoms with Crippen molar-refractivity contribution in [2.75, 3.05) is 0 Å². The van der Waals surface area contributed by atoms with E-state index in [0.717, 1.165) is 22.9 Å².